The first-order valence-corrected chi connectivity index (χ1v) is 12.5. The topological polar surface area (TPSA) is 95.9 Å². The lowest BCUT2D eigenvalue weighted by Crippen LogP contribution is -2.53. The number of likely N-dealkylation sites (tertiary alicyclic amines) is 1. The van der Waals surface area contributed by atoms with Gasteiger partial charge in [0.05, 0.1) is 5.41 Å². The maximum Gasteiger partial charge on any atom is 0.407 e. The van der Waals surface area contributed by atoms with Crippen LogP contribution in [0.15, 0.2) is 48.5 Å². The highest BCUT2D eigenvalue weighted by Crippen LogP contribution is 2.44. The fourth-order valence-corrected chi connectivity index (χ4v) is 5.10. The number of carbonyl (C=O) groups is 3. The van der Waals surface area contributed by atoms with Gasteiger partial charge >= 0.3 is 12.1 Å². The number of unbranched alkanes of at least 4 members (excludes halogenated alkanes) is 1. The summed E-state index contributed by atoms with van der Waals surface area (Å²) in [6.07, 6.45) is 2.41. The van der Waals surface area contributed by atoms with E-state index < -0.39 is 23.5 Å². The molecule has 7 heteroatoms. The van der Waals surface area contributed by atoms with Crippen LogP contribution < -0.4 is 5.32 Å². The number of nitrogens with zero attached hydrogens (tertiary/aromatic N) is 1. The van der Waals surface area contributed by atoms with E-state index in [1.807, 2.05) is 31.2 Å². The van der Waals surface area contributed by atoms with E-state index in [0.717, 1.165) is 35.1 Å². The quantitative estimate of drug-likeness (QED) is 0.568. The van der Waals surface area contributed by atoms with Gasteiger partial charge in [-0.3, -0.25) is 9.59 Å². The van der Waals surface area contributed by atoms with Crippen molar-refractivity contribution in [3.05, 3.63) is 59.7 Å². The minimum absolute atomic E-state index is 0.0475. The lowest BCUT2D eigenvalue weighted by molar-refractivity contribution is -0.153. The second-order valence-corrected chi connectivity index (χ2v) is 9.86. The molecule has 0 spiro atoms. The third kappa shape index (κ3) is 5.19. The molecule has 1 heterocycles. The van der Waals surface area contributed by atoms with E-state index in [1.54, 1.807) is 11.8 Å². The Kier molecular flexibility index (Phi) is 7.43. The molecule has 2 aromatic carbocycles. The minimum atomic E-state index is -0.830. The Morgan fingerprint density at radius 1 is 1.06 bits per heavy atom. The Morgan fingerprint density at radius 2 is 1.63 bits per heavy atom. The minimum Gasteiger partial charge on any atom is -0.481 e. The van der Waals surface area contributed by atoms with Gasteiger partial charge in [0.2, 0.25) is 5.91 Å². The van der Waals surface area contributed by atoms with Gasteiger partial charge in [-0.15, -0.1) is 0 Å². The number of ether oxygens (including phenoxy) is 1. The average molecular weight is 479 g/mol. The van der Waals surface area contributed by atoms with Crippen LogP contribution in [0.4, 0.5) is 4.79 Å². The zero-order valence-corrected chi connectivity index (χ0v) is 20.5. The molecule has 2 aliphatic rings. The van der Waals surface area contributed by atoms with Crippen molar-refractivity contribution >= 4 is 18.0 Å². The van der Waals surface area contributed by atoms with Crippen molar-refractivity contribution in [2.24, 2.45) is 5.41 Å². The maximum absolute atomic E-state index is 13.2. The summed E-state index contributed by atoms with van der Waals surface area (Å²) in [4.78, 5) is 39.2. The van der Waals surface area contributed by atoms with Crippen LogP contribution in [0.1, 0.15) is 63.0 Å². The molecule has 35 heavy (non-hydrogen) atoms. The SMILES string of the molecule is CCCC[C@H](NC(=O)OCC1c2ccccc2-c2ccccc21)C(=O)N1CCC(C)(C(=O)O)CC1. The molecule has 1 atom stereocenters. The number of piperidine rings is 1. The Hall–Kier alpha value is -3.35. The van der Waals surface area contributed by atoms with E-state index in [2.05, 4.69) is 29.6 Å². The normalized spacial score (nSPS) is 17.3. The van der Waals surface area contributed by atoms with Gasteiger partial charge in [-0.2, -0.15) is 0 Å². The summed E-state index contributed by atoms with van der Waals surface area (Å²) in [7, 11) is 0. The summed E-state index contributed by atoms with van der Waals surface area (Å²) in [5, 5.41) is 12.3. The number of nitrogens with one attached hydrogen (secondary N) is 1. The number of benzene rings is 2. The zero-order valence-electron chi connectivity index (χ0n) is 20.5. The fourth-order valence-electron chi connectivity index (χ4n) is 5.10. The Balaban J connectivity index is 1.39. The van der Waals surface area contributed by atoms with Crippen molar-refractivity contribution in [3.63, 3.8) is 0 Å². The van der Waals surface area contributed by atoms with Crippen molar-refractivity contribution in [2.75, 3.05) is 19.7 Å². The van der Waals surface area contributed by atoms with E-state index in [4.69, 9.17) is 4.74 Å². The predicted molar refractivity (Wildman–Crippen MR) is 133 cm³/mol. The Morgan fingerprint density at radius 3 is 2.17 bits per heavy atom. The summed E-state index contributed by atoms with van der Waals surface area (Å²) in [5.74, 6) is -1.04. The molecule has 186 valence electrons. The monoisotopic (exact) mass is 478 g/mol. The molecule has 2 aromatic rings. The van der Waals surface area contributed by atoms with E-state index in [9.17, 15) is 19.5 Å². The number of hydrogen-bond acceptors (Lipinski definition) is 4. The first-order chi connectivity index (χ1) is 16.8. The van der Waals surface area contributed by atoms with Gasteiger partial charge in [-0.1, -0.05) is 68.3 Å². The zero-order chi connectivity index (χ0) is 25.0. The summed E-state index contributed by atoms with van der Waals surface area (Å²) < 4.78 is 5.65. The summed E-state index contributed by atoms with van der Waals surface area (Å²) in [5.41, 5.74) is 3.78. The van der Waals surface area contributed by atoms with Crippen LogP contribution in [0.25, 0.3) is 11.1 Å². The third-order valence-electron chi connectivity index (χ3n) is 7.48. The highest BCUT2D eigenvalue weighted by Gasteiger charge is 2.39. The third-order valence-corrected chi connectivity index (χ3v) is 7.48. The lowest BCUT2D eigenvalue weighted by Gasteiger charge is -2.38. The molecule has 1 aliphatic carbocycles. The number of amides is 2. The van der Waals surface area contributed by atoms with Crippen molar-refractivity contribution in [3.8, 4) is 11.1 Å². The van der Waals surface area contributed by atoms with Crippen molar-refractivity contribution in [1.29, 1.82) is 0 Å². The van der Waals surface area contributed by atoms with Crippen LogP contribution in [-0.4, -0.2) is 53.7 Å². The number of fused-ring (bicyclic) bond motifs is 3. The second-order valence-electron chi connectivity index (χ2n) is 9.86. The van der Waals surface area contributed by atoms with Gasteiger partial charge in [0.1, 0.15) is 12.6 Å². The van der Waals surface area contributed by atoms with E-state index in [1.165, 1.54) is 0 Å². The molecule has 2 N–H and O–H groups in total. The van der Waals surface area contributed by atoms with Gasteiger partial charge < -0.3 is 20.1 Å². The van der Waals surface area contributed by atoms with Crippen LogP contribution >= 0.6 is 0 Å². The summed E-state index contributed by atoms with van der Waals surface area (Å²) in [6, 6.07) is 15.6. The predicted octanol–water partition coefficient (Wildman–Crippen LogP) is 4.80. The van der Waals surface area contributed by atoms with Crippen LogP contribution in [0.2, 0.25) is 0 Å². The second kappa shape index (κ2) is 10.5. The molecule has 0 unspecified atom stereocenters. The number of rotatable bonds is 8. The number of hydrogen-bond donors (Lipinski definition) is 2. The smallest absolute Gasteiger partial charge is 0.407 e. The first-order valence-electron chi connectivity index (χ1n) is 12.5. The number of alkyl carbamates (subject to hydrolysis) is 1. The van der Waals surface area contributed by atoms with Crippen LogP contribution in [0.3, 0.4) is 0 Å². The van der Waals surface area contributed by atoms with Gasteiger partial charge in [0.25, 0.3) is 0 Å². The molecule has 0 bridgehead atoms. The molecule has 0 aromatic heterocycles. The maximum atomic E-state index is 13.2. The van der Waals surface area contributed by atoms with Crippen LogP contribution in [0.5, 0.6) is 0 Å². The fraction of sp³-hybridized carbons (Fsp3) is 0.464. The molecular formula is C28H34N2O5. The highest BCUT2D eigenvalue weighted by atomic mass is 16.5. The van der Waals surface area contributed by atoms with E-state index >= 15 is 0 Å². The van der Waals surface area contributed by atoms with Crippen LogP contribution in [-0.2, 0) is 14.3 Å². The van der Waals surface area contributed by atoms with Gasteiger partial charge in [-0.25, -0.2) is 4.79 Å². The van der Waals surface area contributed by atoms with Crippen LogP contribution in [0, 0.1) is 5.41 Å². The number of carbonyl (C=O) groups excluding carboxylic acids is 2. The number of carboxylic acids is 1. The average Bonchev–Trinajstić information content (AvgIpc) is 3.19. The largest absolute Gasteiger partial charge is 0.481 e. The molecule has 0 saturated carbocycles. The molecule has 7 nitrogen and oxygen atoms in total. The lowest BCUT2D eigenvalue weighted by atomic mass is 9.80. The molecule has 4 rings (SSSR count). The molecule has 2 amide bonds. The summed E-state index contributed by atoms with van der Waals surface area (Å²) >= 11 is 0. The molecule has 1 saturated heterocycles. The molecule has 1 fully saturated rings. The standard InChI is InChI=1S/C28H34N2O5/c1-3-4-13-24(25(31)30-16-14-28(2,15-17-30)26(32)33)29-27(34)35-18-23-21-11-7-5-9-19(21)20-10-6-8-12-22(20)23/h5-12,23-24H,3-4,13-18H2,1-2H3,(H,29,34)(H,32,33)/t24-/m0/s1. The Labute approximate surface area is 206 Å². The van der Waals surface area contributed by atoms with Gasteiger partial charge in [-0.05, 0) is 48.4 Å². The van der Waals surface area contributed by atoms with Crippen molar-refractivity contribution < 1.29 is 24.2 Å². The van der Waals surface area contributed by atoms with Crippen molar-refractivity contribution in [2.45, 2.75) is 57.9 Å². The highest BCUT2D eigenvalue weighted by molar-refractivity contribution is 5.86. The number of aliphatic carboxylic acids is 1. The van der Waals surface area contributed by atoms with E-state index in [0.29, 0.717) is 32.4 Å². The summed E-state index contributed by atoms with van der Waals surface area (Å²) in [6.45, 7) is 4.69. The first kappa shape index (κ1) is 24.8. The number of carboxylic acid groups (broad SMARTS) is 1. The molecule has 0 radical (unpaired) electrons. The van der Waals surface area contributed by atoms with Gasteiger partial charge in [0.15, 0.2) is 0 Å². The molecular weight excluding hydrogens is 444 g/mol. The molecule has 1 aliphatic heterocycles. The van der Waals surface area contributed by atoms with E-state index in [-0.39, 0.29) is 18.4 Å². The van der Waals surface area contributed by atoms with Crippen molar-refractivity contribution in [1.82, 2.24) is 10.2 Å². The van der Waals surface area contributed by atoms with Gasteiger partial charge in [0, 0.05) is 19.0 Å². The Bertz CT molecular complexity index is 1040.